The minimum atomic E-state index is -0.346. The van der Waals surface area contributed by atoms with Crippen LogP contribution in [0.15, 0.2) is 24.3 Å². The summed E-state index contributed by atoms with van der Waals surface area (Å²) < 4.78 is 12.2. The predicted octanol–water partition coefficient (Wildman–Crippen LogP) is 2.65. The molecule has 1 aromatic carbocycles. The Kier molecular flexibility index (Phi) is 4.26. The van der Waals surface area contributed by atoms with Crippen LogP contribution in [0.1, 0.15) is 52.1 Å². The fraction of sp³-hybridized carbons (Fsp3) is 0.611. The van der Waals surface area contributed by atoms with Gasteiger partial charge in [-0.2, -0.15) is 5.26 Å². The van der Waals surface area contributed by atoms with Crippen molar-refractivity contribution in [3.63, 3.8) is 0 Å². The molecule has 2 saturated heterocycles. The number of likely N-dealkylation sites (tertiary alicyclic amines) is 1. The Hall–Kier alpha value is -1.35. The van der Waals surface area contributed by atoms with E-state index in [0.29, 0.717) is 0 Å². The number of nitrogens with zero attached hydrogens (tertiary/aromatic N) is 2. The van der Waals surface area contributed by atoms with Crippen LogP contribution in [0.2, 0.25) is 0 Å². The molecule has 1 atom stereocenters. The van der Waals surface area contributed by atoms with Crippen LogP contribution in [0.25, 0.3) is 0 Å². The van der Waals surface area contributed by atoms with Crippen molar-refractivity contribution in [2.45, 2.75) is 57.8 Å². The maximum absolute atomic E-state index is 9.52. The van der Waals surface area contributed by atoms with Crippen LogP contribution in [0, 0.1) is 11.3 Å². The Labute approximate surface area is 139 Å². The highest BCUT2D eigenvalue weighted by atomic mass is 16.7. The molecule has 0 N–H and O–H groups in total. The first-order chi connectivity index (χ1) is 10.8. The molecule has 2 fully saturated rings. The van der Waals surface area contributed by atoms with Crippen LogP contribution in [0.3, 0.4) is 0 Å². The summed E-state index contributed by atoms with van der Waals surface area (Å²) in [6.07, 6.45) is 2.37. The van der Waals surface area contributed by atoms with E-state index < -0.39 is 0 Å². The highest BCUT2D eigenvalue weighted by molar-refractivity contribution is 6.62. The van der Waals surface area contributed by atoms with E-state index in [2.05, 4.69) is 38.7 Å². The lowest BCUT2D eigenvalue weighted by Gasteiger charge is -2.32. The van der Waals surface area contributed by atoms with Crippen LogP contribution in [0.5, 0.6) is 0 Å². The molecule has 5 heteroatoms. The van der Waals surface area contributed by atoms with Crippen LogP contribution < -0.4 is 5.46 Å². The lowest BCUT2D eigenvalue weighted by molar-refractivity contribution is 0.00578. The van der Waals surface area contributed by atoms with Crippen molar-refractivity contribution in [2.75, 3.05) is 13.1 Å². The molecular formula is C18H25BN2O2. The van der Waals surface area contributed by atoms with Gasteiger partial charge in [0.05, 0.1) is 17.3 Å². The van der Waals surface area contributed by atoms with Gasteiger partial charge >= 0.3 is 7.12 Å². The monoisotopic (exact) mass is 312 g/mol. The van der Waals surface area contributed by atoms with E-state index >= 15 is 0 Å². The lowest BCUT2D eigenvalue weighted by Crippen LogP contribution is -2.41. The van der Waals surface area contributed by atoms with E-state index in [0.717, 1.165) is 24.1 Å². The maximum Gasteiger partial charge on any atom is 0.494 e. The van der Waals surface area contributed by atoms with Crippen molar-refractivity contribution in [1.82, 2.24) is 4.90 Å². The van der Waals surface area contributed by atoms with Gasteiger partial charge in [-0.3, -0.25) is 4.90 Å². The zero-order valence-corrected chi connectivity index (χ0v) is 14.5. The zero-order chi connectivity index (χ0) is 16.7. The molecule has 3 rings (SSSR count). The van der Waals surface area contributed by atoms with Gasteiger partial charge in [-0.1, -0.05) is 24.3 Å². The molecule has 1 unspecified atom stereocenters. The van der Waals surface area contributed by atoms with E-state index in [4.69, 9.17) is 9.31 Å². The topological polar surface area (TPSA) is 45.5 Å². The highest BCUT2D eigenvalue weighted by Gasteiger charge is 2.51. The van der Waals surface area contributed by atoms with E-state index in [9.17, 15) is 5.26 Å². The fourth-order valence-corrected chi connectivity index (χ4v) is 3.18. The summed E-state index contributed by atoms with van der Waals surface area (Å²) >= 11 is 0. The quantitative estimate of drug-likeness (QED) is 0.805. The Balaban J connectivity index is 1.76. The van der Waals surface area contributed by atoms with E-state index in [1.54, 1.807) is 0 Å². The number of hydrogen-bond acceptors (Lipinski definition) is 4. The third-order valence-electron chi connectivity index (χ3n) is 5.41. The molecule has 0 radical (unpaired) electrons. The lowest BCUT2D eigenvalue weighted by atomic mass is 9.78. The van der Waals surface area contributed by atoms with Crippen molar-refractivity contribution in [2.24, 2.45) is 0 Å². The van der Waals surface area contributed by atoms with Gasteiger partial charge in [-0.05, 0) is 64.7 Å². The zero-order valence-electron chi connectivity index (χ0n) is 14.5. The number of nitriles is 1. The number of benzene rings is 1. The first kappa shape index (κ1) is 16.5. The first-order valence-corrected chi connectivity index (χ1v) is 8.43. The van der Waals surface area contributed by atoms with Gasteiger partial charge in [0.25, 0.3) is 0 Å². The van der Waals surface area contributed by atoms with Gasteiger partial charge in [0.15, 0.2) is 0 Å². The first-order valence-electron chi connectivity index (χ1n) is 8.43. The summed E-state index contributed by atoms with van der Waals surface area (Å²) in [5.41, 5.74) is 1.39. The SMILES string of the molecule is CC1(C)OB(c2ccc(C(C#N)N3CCCC3)cc2)OC1(C)C. The van der Waals surface area contributed by atoms with Gasteiger partial charge in [0, 0.05) is 0 Å². The Bertz CT molecular complexity index is 584. The number of rotatable bonds is 3. The normalized spacial score (nSPS) is 24.6. The van der Waals surface area contributed by atoms with Crippen LogP contribution >= 0.6 is 0 Å². The second kappa shape index (κ2) is 5.94. The summed E-state index contributed by atoms with van der Waals surface area (Å²) in [6.45, 7) is 10.2. The third kappa shape index (κ3) is 3.04. The Morgan fingerprint density at radius 1 is 1.04 bits per heavy atom. The van der Waals surface area contributed by atoms with Crippen molar-refractivity contribution in [3.8, 4) is 6.07 Å². The molecule has 0 aliphatic carbocycles. The molecule has 1 aromatic rings. The molecule has 0 spiro atoms. The predicted molar refractivity (Wildman–Crippen MR) is 91.3 cm³/mol. The Morgan fingerprint density at radius 2 is 1.57 bits per heavy atom. The molecule has 0 amide bonds. The van der Waals surface area contributed by atoms with Gasteiger partial charge < -0.3 is 9.31 Å². The largest absolute Gasteiger partial charge is 0.494 e. The summed E-state index contributed by atoms with van der Waals surface area (Å²) in [6, 6.07) is 10.4. The van der Waals surface area contributed by atoms with E-state index in [1.165, 1.54) is 12.8 Å². The second-order valence-corrected chi connectivity index (χ2v) is 7.53. The van der Waals surface area contributed by atoms with E-state index in [-0.39, 0.29) is 24.4 Å². The smallest absolute Gasteiger partial charge is 0.399 e. The van der Waals surface area contributed by atoms with Gasteiger partial charge in [0.1, 0.15) is 6.04 Å². The molecular weight excluding hydrogens is 287 g/mol. The van der Waals surface area contributed by atoms with Crippen LogP contribution in [-0.2, 0) is 9.31 Å². The molecule has 0 bridgehead atoms. The molecule has 122 valence electrons. The summed E-state index contributed by atoms with van der Waals surface area (Å²) in [7, 11) is -0.346. The Morgan fingerprint density at radius 3 is 2.04 bits per heavy atom. The third-order valence-corrected chi connectivity index (χ3v) is 5.41. The molecule has 4 nitrogen and oxygen atoms in total. The molecule has 23 heavy (non-hydrogen) atoms. The molecule has 2 heterocycles. The van der Waals surface area contributed by atoms with Gasteiger partial charge in [0.2, 0.25) is 0 Å². The van der Waals surface area contributed by atoms with E-state index in [1.807, 2.05) is 24.3 Å². The minimum absolute atomic E-state index is 0.148. The molecule has 0 aromatic heterocycles. The minimum Gasteiger partial charge on any atom is -0.399 e. The van der Waals surface area contributed by atoms with Gasteiger partial charge in [-0.25, -0.2) is 0 Å². The summed E-state index contributed by atoms with van der Waals surface area (Å²) in [5.74, 6) is 0. The molecule has 2 aliphatic rings. The fourth-order valence-electron chi connectivity index (χ4n) is 3.18. The van der Waals surface area contributed by atoms with Crippen molar-refractivity contribution in [3.05, 3.63) is 29.8 Å². The molecule has 0 saturated carbocycles. The molecule has 2 aliphatic heterocycles. The van der Waals surface area contributed by atoms with Crippen molar-refractivity contribution < 1.29 is 9.31 Å². The highest BCUT2D eigenvalue weighted by Crippen LogP contribution is 2.36. The van der Waals surface area contributed by atoms with Crippen LogP contribution in [0.4, 0.5) is 0 Å². The number of hydrogen-bond donors (Lipinski definition) is 0. The van der Waals surface area contributed by atoms with Gasteiger partial charge in [-0.15, -0.1) is 0 Å². The summed E-state index contributed by atoms with van der Waals surface area (Å²) in [4.78, 5) is 2.25. The van der Waals surface area contributed by atoms with Crippen LogP contribution in [-0.4, -0.2) is 36.3 Å². The van der Waals surface area contributed by atoms with Crippen molar-refractivity contribution >= 4 is 12.6 Å². The average molecular weight is 312 g/mol. The second-order valence-electron chi connectivity index (χ2n) is 7.53. The standard InChI is InChI=1S/C18H25BN2O2/c1-17(2)18(3,4)23-19(22-17)15-9-7-14(8-10-15)16(13-20)21-11-5-6-12-21/h7-10,16H,5-6,11-12H2,1-4H3. The maximum atomic E-state index is 9.52. The van der Waals surface area contributed by atoms with Crippen molar-refractivity contribution in [1.29, 1.82) is 5.26 Å². The average Bonchev–Trinajstić information content (AvgIpc) is 3.08. The summed E-state index contributed by atoms with van der Waals surface area (Å²) in [5, 5.41) is 9.52.